The van der Waals surface area contributed by atoms with Gasteiger partial charge in [-0.1, -0.05) is 17.7 Å². The van der Waals surface area contributed by atoms with Gasteiger partial charge < -0.3 is 10.3 Å². The fourth-order valence-electron chi connectivity index (χ4n) is 0.927. The fourth-order valence-corrected chi connectivity index (χ4v) is 1.57. The molecular formula is C7H7ClN2O3S. The van der Waals surface area contributed by atoms with Crippen molar-refractivity contribution in [2.45, 2.75) is 5.75 Å². The molecular weight excluding hydrogens is 228 g/mol. The van der Waals surface area contributed by atoms with Gasteiger partial charge in [0.25, 0.3) is 5.91 Å². The molecule has 14 heavy (non-hydrogen) atoms. The third-order valence-electron chi connectivity index (χ3n) is 1.46. The number of pyridine rings is 1. The molecule has 0 spiro atoms. The lowest BCUT2D eigenvalue weighted by Crippen LogP contribution is -2.16. The number of primary amides is 1. The second-order valence-electron chi connectivity index (χ2n) is 2.47. The van der Waals surface area contributed by atoms with Crippen molar-refractivity contribution in [2.24, 2.45) is 5.73 Å². The van der Waals surface area contributed by atoms with E-state index in [4.69, 9.17) is 21.9 Å². The zero-order chi connectivity index (χ0) is 10.7. The highest BCUT2D eigenvalue weighted by atomic mass is 35.5. The normalized spacial score (nSPS) is 12.4. The number of carbonyl (C=O) groups is 1. The highest BCUT2D eigenvalue weighted by molar-refractivity contribution is 7.78. The maximum atomic E-state index is 10.9. The molecule has 0 saturated heterocycles. The Bertz CT molecular complexity index is 397. The highest BCUT2D eigenvalue weighted by Crippen LogP contribution is 2.12. The van der Waals surface area contributed by atoms with Crippen molar-refractivity contribution in [3.8, 4) is 0 Å². The summed E-state index contributed by atoms with van der Waals surface area (Å²) >= 11 is 3.50. The number of rotatable bonds is 3. The van der Waals surface area contributed by atoms with Crippen LogP contribution in [-0.4, -0.2) is 19.7 Å². The van der Waals surface area contributed by atoms with Gasteiger partial charge in [-0.3, -0.25) is 4.79 Å². The number of nitrogens with two attached hydrogens (primary N) is 1. The number of carbonyl (C=O) groups excluding carboxylic acids is 1. The molecule has 1 heterocycles. The molecule has 5 nitrogen and oxygen atoms in total. The van der Waals surface area contributed by atoms with Crippen molar-refractivity contribution in [1.29, 1.82) is 0 Å². The van der Waals surface area contributed by atoms with Gasteiger partial charge in [-0.2, -0.15) is 0 Å². The first-order chi connectivity index (χ1) is 6.50. The van der Waals surface area contributed by atoms with Crippen LogP contribution in [0.15, 0.2) is 12.1 Å². The van der Waals surface area contributed by atoms with Crippen LogP contribution in [0.2, 0.25) is 5.15 Å². The molecule has 7 heteroatoms. The van der Waals surface area contributed by atoms with E-state index in [2.05, 4.69) is 4.98 Å². The van der Waals surface area contributed by atoms with Crippen LogP contribution in [0, 0.1) is 0 Å². The summed E-state index contributed by atoms with van der Waals surface area (Å²) in [7, 11) is 0. The predicted molar refractivity (Wildman–Crippen MR) is 52.2 cm³/mol. The second-order valence-corrected chi connectivity index (χ2v) is 3.79. The molecule has 0 saturated carbocycles. The molecule has 1 atom stereocenters. The van der Waals surface area contributed by atoms with E-state index in [0.29, 0.717) is 5.56 Å². The third kappa shape index (κ3) is 2.76. The van der Waals surface area contributed by atoms with Crippen molar-refractivity contribution in [1.82, 2.24) is 4.98 Å². The minimum absolute atomic E-state index is 0.0695. The van der Waals surface area contributed by atoms with Crippen LogP contribution in [0.4, 0.5) is 0 Å². The van der Waals surface area contributed by atoms with E-state index in [0.717, 1.165) is 0 Å². The Labute approximate surface area is 87.6 Å². The lowest BCUT2D eigenvalue weighted by Gasteiger charge is -2.03. The van der Waals surface area contributed by atoms with Crippen LogP contribution in [0.1, 0.15) is 16.1 Å². The van der Waals surface area contributed by atoms with Crippen molar-refractivity contribution < 1.29 is 13.6 Å². The summed E-state index contributed by atoms with van der Waals surface area (Å²) in [4.78, 5) is 14.5. The predicted octanol–water partition coefficient (Wildman–Crippen LogP) is 0.556. The van der Waals surface area contributed by atoms with E-state index in [-0.39, 0.29) is 16.6 Å². The Balaban J connectivity index is 3.14. The molecule has 0 bridgehead atoms. The Morgan fingerprint density at radius 3 is 2.79 bits per heavy atom. The standard InChI is InChI=1S/C7H7ClN2O3S/c8-5-2-1-4(3-14(12)13)6(10-5)7(9)11/h1-2H,3H2,(H2,9,11)(H,12,13). The van der Waals surface area contributed by atoms with Gasteiger partial charge in [0.05, 0.1) is 5.75 Å². The minimum Gasteiger partial charge on any atom is -0.364 e. The lowest BCUT2D eigenvalue weighted by molar-refractivity contribution is 0.0995. The molecule has 0 radical (unpaired) electrons. The summed E-state index contributed by atoms with van der Waals surface area (Å²) in [5, 5.41) is 0.117. The van der Waals surface area contributed by atoms with Crippen molar-refractivity contribution in [2.75, 3.05) is 0 Å². The summed E-state index contributed by atoms with van der Waals surface area (Å²) in [6.07, 6.45) is 0. The van der Waals surface area contributed by atoms with Crippen molar-refractivity contribution in [3.63, 3.8) is 0 Å². The number of nitrogens with zero attached hydrogens (tertiary/aromatic N) is 1. The molecule has 0 aliphatic carbocycles. The van der Waals surface area contributed by atoms with Crippen LogP contribution < -0.4 is 5.73 Å². The minimum atomic E-state index is -2.04. The summed E-state index contributed by atoms with van der Waals surface area (Å²) in [6, 6.07) is 2.87. The third-order valence-corrected chi connectivity index (χ3v) is 2.23. The number of halogens is 1. The number of hydrogen-bond acceptors (Lipinski definition) is 3. The molecule has 0 aliphatic heterocycles. The van der Waals surface area contributed by atoms with Crippen LogP contribution >= 0.6 is 11.6 Å². The second kappa shape index (κ2) is 4.50. The molecule has 1 aromatic rings. The van der Waals surface area contributed by atoms with Gasteiger partial charge in [-0.25, -0.2) is 9.19 Å². The Hall–Kier alpha value is -0.980. The smallest absolute Gasteiger partial charge is 0.267 e. The van der Waals surface area contributed by atoms with Gasteiger partial charge in [0, 0.05) is 0 Å². The Morgan fingerprint density at radius 2 is 2.29 bits per heavy atom. The molecule has 1 aromatic heterocycles. The van der Waals surface area contributed by atoms with E-state index in [1.54, 1.807) is 0 Å². The van der Waals surface area contributed by atoms with Crippen molar-refractivity contribution >= 4 is 28.6 Å². The van der Waals surface area contributed by atoms with E-state index < -0.39 is 17.0 Å². The SMILES string of the molecule is NC(=O)c1nc(Cl)ccc1CS(=O)O. The summed E-state index contributed by atoms with van der Waals surface area (Å²) in [6.45, 7) is 0. The van der Waals surface area contributed by atoms with Gasteiger partial charge in [0.1, 0.15) is 10.8 Å². The van der Waals surface area contributed by atoms with Crippen LogP contribution in [0.25, 0.3) is 0 Å². The average Bonchev–Trinajstić information content (AvgIpc) is 2.07. The monoisotopic (exact) mass is 234 g/mol. The van der Waals surface area contributed by atoms with E-state index >= 15 is 0 Å². The molecule has 76 valence electrons. The van der Waals surface area contributed by atoms with E-state index in [9.17, 15) is 9.00 Å². The fraction of sp³-hybridized carbons (Fsp3) is 0.143. The average molecular weight is 235 g/mol. The van der Waals surface area contributed by atoms with Crippen LogP contribution in [-0.2, 0) is 16.8 Å². The molecule has 0 fully saturated rings. The van der Waals surface area contributed by atoms with Crippen molar-refractivity contribution in [3.05, 3.63) is 28.5 Å². The van der Waals surface area contributed by atoms with Crippen LogP contribution in [0.3, 0.4) is 0 Å². The maximum Gasteiger partial charge on any atom is 0.267 e. The van der Waals surface area contributed by atoms with E-state index in [1.165, 1.54) is 12.1 Å². The van der Waals surface area contributed by atoms with Crippen LogP contribution in [0.5, 0.6) is 0 Å². The topological polar surface area (TPSA) is 93.3 Å². The largest absolute Gasteiger partial charge is 0.364 e. The highest BCUT2D eigenvalue weighted by Gasteiger charge is 2.12. The summed E-state index contributed by atoms with van der Waals surface area (Å²) < 4.78 is 19.2. The van der Waals surface area contributed by atoms with Gasteiger partial charge >= 0.3 is 0 Å². The van der Waals surface area contributed by atoms with Gasteiger partial charge in [0.2, 0.25) is 0 Å². The zero-order valence-corrected chi connectivity index (χ0v) is 8.51. The molecule has 3 N–H and O–H groups in total. The maximum absolute atomic E-state index is 10.9. The Kier molecular flexibility index (Phi) is 3.56. The summed E-state index contributed by atoms with van der Waals surface area (Å²) in [5.41, 5.74) is 5.26. The molecule has 1 rings (SSSR count). The zero-order valence-electron chi connectivity index (χ0n) is 6.94. The first-order valence-electron chi connectivity index (χ1n) is 3.53. The van der Waals surface area contributed by atoms with Gasteiger partial charge in [-0.05, 0) is 11.6 Å². The molecule has 1 unspecified atom stereocenters. The number of aromatic nitrogens is 1. The van der Waals surface area contributed by atoms with Gasteiger partial charge in [-0.15, -0.1) is 0 Å². The number of hydrogen-bond donors (Lipinski definition) is 2. The van der Waals surface area contributed by atoms with E-state index in [1.807, 2.05) is 0 Å². The quantitative estimate of drug-likeness (QED) is 0.590. The first-order valence-corrected chi connectivity index (χ1v) is 5.18. The molecule has 1 amide bonds. The summed E-state index contributed by atoms with van der Waals surface area (Å²) in [5.74, 6) is -0.962. The number of amides is 1. The molecule has 0 aromatic carbocycles. The lowest BCUT2D eigenvalue weighted by atomic mass is 10.2. The van der Waals surface area contributed by atoms with Gasteiger partial charge in [0.15, 0.2) is 11.1 Å². The first kappa shape index (κ1) is 11.1. The molecule has 0 aliphatic rings. The Morgan fingerprint density at radius 1 is 1.64 bits per heavy atom.